The Balaban J connectivity index is 4.45. The summed E-state index contributed by atoms with van der Waals surface area (Å²) in [6, 6.07) is 0. The lowest BCUT2D eigenvalue weighted by Gasteiger charge is -2.18. The number of hydrogen-bond donors (Lipinski definition) is 0. The second-order valence-corrected chi connectivity index (χ2v) is 19.5. The van der Waals surface area contributed by atoms with Crippen LogP contribution in [0.2, 0.25) is 0 Å². The summed E-state index contributed by atoms with van der Waals surface area (Å²) in [5.41, 5.74) is 0. The van der Waals surface area contributed by atoms with Crippen LogP contribution in [0, 0.1) is 0 Å². The topological polar surface area (TPSA) is 78.9 Å². The summed E-state index contributed by atoms with van der Waals surface area (Å²) < 4.78 is 16.8. The zero-order valence-corrected chi connectivity index (χ0v) is 48.7. The Hall–Kier alpha value is -4.97. The molecule has 0 aliphatic carbocycles. The van der Waals surface area contributed by atoms with E-state index in [9.17, 15) is 14.4 Å². The summed E-state index contributed by atoms with van der Waals surface area (Å²) in [5, 5.41) is 0. The standard InChI is InChI=1S/C70H110O6/c1-4-7-10-13-16-19-22-25-27-29-31-32-33-34-35-36-37-38-40-41-43-45-48-51-54-57-60-63-69(72)75-66-67(65-74-68(71)62-59-56-53-50-47-24-21-18-15-12-9-6-3)76-70(73)64-61-58-55-52-49-46-44-42-39-30-28-26-23-20-17-14-11-8-5-2/h7-8,10-11,16-21,25-28,31-32,34-35,37-39,41-43,46,49,67H,4-6,9,12-15,22-24,29-30,33,36,40,44-45,47-48,50-66H2,1-3H3/b10-7-,11-8-,19-16-,20-17-,21-18-,27-25-,28-26-,32-31-,35-34-,38-37-,42-39-,43-41-,49-46-. The third kappa shape index (κ3) is 59.9. The monoisotopic (exact) mass is 1050 g/mol. The predicted molar refractivity (Wildman–Crippen MR) is 329 cm³/mol. The highest BCUT2D eigenvalue weighted by molar-refractivity contribution is 5.71. The number of rotatable bonds is 53. The van der Waals surface area contributed by atoms with Crippen LogP contribution in [0.15, 0.2) is 158 Å². The van der Waals surface area contributed by atoms with E-state index in [0.29, 0.717) is 19.3 Å². The SMILES string of the molecule is CC/C=C\C/C=C\C/C=C\C/C=C\C/C=C\C/C=C\C/C=C\CCCCCCCC(=O)OCC(COC(=O)CCCCCCC/C=C\CCCCC)OC(=O)CCCCC/C=C\C/C=C\C/C=C\C/C=C\C/C=C\CC. The van der Waals surface area contributed by atoms with Crippen LogP contribution in [0.5, 0.6) is 0 Å². The number of unbranched alkanes of at least 4 members (excludes halogenated alkanes) is 16. The van der Waals surface area contributed by atoms with Gasteiger partial charge < -0.3 is 14.2 Å². The van der Waals surface area contributed by atoms with Crippen molar-refractivity contribution >= 4 is 17.9 Å². The molecule has 1 unspecified atom stereocenters. The highest BCUT2D eigenvalue weighted by Gasteiger charge is 2.19. The van der Waals surface area contributed by atoms with E-state index in [1.54, 1.807) is 0 Å². The summed E-state index contributed by atoms with van der Waals surface area (Å²) in [7, 11) is 0. The molecule has 76 heavy (non-hydrogen) atoms. The molecule has 0 saturated heterocycles. The lowest BCUT2D eigenvalue weighted by molar-refractivity contribution is -0.167. The number of ether oxygens (including phenoxy) is 3. The first-order valence-electron chi connectivity index (χ1n) is 30.5. The molecule has 0 aliphatic rings. The van der Waals surface area contributed by atoms with Crippen molar-refractivity contribution in [2.45, 2.75) is 252 Å². The molecule has 0 aromatic heterocycles. The van der Waals surface area contributed by atoms with Gasteiger partial charge in [-0.2, -0.15) is 0 Å². The largest absolute Gasteiger partial charge is 0.462 e. The van der Waals surface area contributed by atoms with Crippen molar-refractivity contribution in [2.75, 3.05) is 13.2 Å². The number of esters is 3. The van der Waals surface area contributed by atoms with Gasteiger partial charge in [0.15, 0.2) is 6.10 Å². The first-order valence-corrected chi connectivity index (χ1v) is 30.5. The van der Waals surface area contributed by atoms with Crippen LogP contribution in [0.1, 0.15) is 245 Å². The molecule has 0 fully saturated rings. The van der Waals surface area contributed by atoms with E-state index in [0.717, 1.165) is 167 Å². The van der Waals surface area contributed by atoms with E-state index in [2.05, 4.69) is 179 Å². The number of hydrogen-bond acceptors (Lipinski definition) is 6. The molecule has 0 heterocycles. The second kappa shape index (κ2) is 62.6. The first-order chi connectivity index (χ1) is 37.5. The Morgan fingerprint density at radius 3 is 0.829 bits per heavy atom. The average Bonchev–Trinajstić information content (AvgIpc) is 3.42. The number of carbonyl (C=O) groups excluding carboxylic acids is 3. The van der Waals surface area contributed by atoms with Crippen molar-refractivity contribution in [3.63, 3.8) is 0 Å². The summed E-state index contributed by atoms with van der Waals surface area (Å²) in [6.07, 6.45) is 90.9. The maximum Gasteiger partial charge on any atom is 0.306 e. The first kappa shape index (κ1) is 71.0. The number of allylic oxidation sites excluding steroid dienone is 26. The molecule has 0 radical (unpaired) electrons. The Morgan fingerprint density at radius 1 is 0.276 bits per heavy atom. The minimum Gasteiger partial charge on any atom is -0.462 e. The second-order valence-electron chi connectivity index (χ2n) is 19.5. The number of carbonyl (C=O) groups is 3. The summed E-state index contributed by atoms with van der Waals surface area (Å²) in [6.45, 7) is 6.32. The molecule has 0 aromatic rings. The van der Waals surface area contributed by atoms with Gasteiger partial charge in [0.1, 0.15) is 13.2 Å². The Morgan fingerprint density at radius 2 is 0.513 bits per heavy atom. The van der Waals surface area contributed by atoms with E-state index >= 15 is 0 Å². The third-order valence-corrected chi connectivity index (χ3v) is 12.2. The summed E-state index contributed by atoms with van der Waals surface area (Å²) >= 11 is 0. The van der Waals surface area contributed by atoms with Crippen molar-refractivity contribution in [3.8, 4) is 0 Å². The van der Waals surface area contributed by atoms with Crippen LogP contribution in [-0.2, 0) is 28.6 Å². The molecule has 0 saturated carbocycles. The molecule has 0 rings (SSSR count). The molecule has 0 aliphatic heterocycles. The summed E-state index contributed by atoms with van der Waals surface area (Å²) in [4.78, 5) is 38.2. The average molecular weight is 1050 g/mol. The van der Waals surface area contributed by atoms with Gasteiger partial charge in [-0.05, 0) is 148 Å². The van der Waals surface area contributed by atoms with Gasteiger partial charge in [0.05, 0.1) is 0 Å². The van der Waals surface area contributed by atoms with E-state index in [-0.39, 0.29) is 37.5 Å². The highest BCUT2D eigenvalue weighted by Crippen LogP contribution is 2.13. The van der Waals surface area contributed by atoms with Gasteiger partial charge >= 0.3 is 17.9 Å². The van der Waals surface area contributed by atoms with Crippen LogP contribution in [0.4, 0.5) is 0 Å². The minimum atomic E-state index is -0.816. The zero-order valence-electron chi connectivity index (χ0n) is 48.7. The molecular formula is C70H110O6. The molecular weight excluding hydrogens is 937 g/mol. The van der Waals surface area contributed by atoms with Gasteiger partial charge in [0.25, 0.3) is 0 Å². The maximum atomic E-state index is 12.9. The highest BCUT2D eigenvalue weighted by atomic mass is 16.6. The summed E-state index contributed by atoms with van der Waals surface area (Å²) in [5.74, 6) is -0.976. The molecule has 0 N–H and O–H groups in total. The van der Waals surface area contributed by atoms with Crippen LogP contribution in [-0.4, -0.2) is 37.2 Å². The predicted octanol–water partition coefficient (Wildman–Crippen LogP) is 20.9. The van der Waals surface area contributed by atoms with Crippen molar-refractivity contribution in [3.05, 3.63) is 158 Å². The fourth-order valence-corrected chi connectivity index (χ4v) is 7.74. The molecule has 6 heteroatoms. The van der Waals surface area contributed by atoms with E-state index in [1.807, 2.05) is 0 Å². The van der Waals surface area contributed by atoms with Crippen LogP contribution in [0.25, 0.3) is 0 Å². The van der Waals surface area contributed by atoms with Crippen molar-refractivity contribution in [1.29, 1.82) is 0 Å². The third-order valence-electron chi connectivity index (χ3n) is 12.2. The molecule has 6 nitrogen and oxygen atoms in total. The maximum absolute atomic E-state index is 12.9. The van der Waals surface area contributed by atoms with Crippen molar-refractivity contribution in [2.24, 2.45) is 0 Å². The lowest BCUT2D eigenvalue weighted by Crippen LogP contribution is -2.30. The molecule has 426 valence electrons. The Labute approximate surface area is 467 Å². The van der Waals surface area contributed by atoms with Crippen LogP contribution in [0.3, 0.4) is 0 Å². The van der Waals surface area contributed by atoms with E-state index in [1.165, 1.54) is 32.1 Å². The van der Waals surface area contributed by atoms with Crippen LogP contribution >= 0.6 is 0 Å². The molecule has 0 amide bonds. The van der Waals surface area contributed by atoms with E-state index in [4.69, 9.17) is 14.2 Å². The van der Waals surface area contributed by atoms with E-state index < -0.39 is 6.10 Å². The van der Waals surface area contributed by atoms with Crippen molar-refractivity contribution in [1.82, 2.24) is 0 Å². The van der Waals surface area contributed by atoms with Gasteiger partial charge in [-0.1, -0.05) is 237 Å². The molecule has 0 spiro atoms. The van der Waals surface area contributed by atoms with Gasteiger partial charge in [0, 0.05) is 19.3 Å². The lowest BCUT2D eigenvalue weighted by atomic mass is 10.1. The Kier molecular flexibility index (Phi) is 58.5. The van der Waals surface area contributed by atoms with Gasteiger partial charge in [0.2, 0.25) is 0 Å². The van der Waals surface area contributed by atoms with Gasteiger partial charge in [-0.3, -0.25) is 14.4 Å². The normalized spacial score (nSPS) is 13.2. The van der Waals surface area contributed by atoms with Gasteiger partial charge in [-0.15, -0.1) is 0 Å². The Bertz CT molecular complexity index is 1720. The molecule has 0 bridgehead atoms. The zero-order chi connectivity index (χ0) is 55.0. The fraction of sp³-hybridized carbons (Fsp3) is 0.586. The smallest absolute Gasteiger partial charge is 0.306 e. The molecule has 1 atom stereocenters. The van der Waals surface area contributed by atoms with Gasteiger partial charge in [-0.25, -0.2) is 0 Å². The fourth-order valence-electron chi connectivity index (χ4n) is 7.74. The molecule has 0 aromatic carbocycles. The van der Waals surface area contributed by atoms with Crippen molar-refractivity contribution < 1.29 is 28.6 Å². The van der Waals surface area contributed by atoms with Crippen LogP contribution < -0.4 is 0 Å². The minimum absolute atomic E-state index is 0.109. The quantitative estimate of drug-likeness (QED) is 0.0261.